The van der Waals surface area contributed by atoms with Gasteiger partial charge in [-0.25, -0.2) is 4.98 Å². The van der Waals surface area contributed by atoms with Crippen molar-refractivity contribution >= 4 is 11.7 Å². The number of amides is 1. The standard InChI is InChI=1S/C11H15N3O/c12-8-11(5-3-6-11)10(15)14-9-4-1-2-7-13-9/h1-2,4,7H,3,5-6,8,12H2,(H,13,14,15). The lowest BCUT2D eigenvalue weighted by molar-refractivity contribution is -0.129. The van der Waals surface area contributed by atoms with Gasteiger partial charge in [-0.3, -0.25) is 4.79 Å². The fourth-order valence-corrected chi connectivity index (χ4v) is 1.81. The molecule has 1 fully saturated rings. The van der Waals surface area contributed by atoms with E-state index in [1.54, 1.807) is 12.3 Å². The molecule has 1 aromatic heterocycles. The average molecular weight is 205 g/mol. The molecule has 0 aromatic carbocycles. The van der Waals surface area contributed by atoms with Crippen LogP contribution in [0.2, 0.25) is 0 Å². The maximum absolute atomic E-state index is 11.9. The van der Waals surface area contributed by atoms with Crippen molar-refractivity contribution in [1.82, 2.24) is 4.98 Å². The van der Waals surface area contributed by atoms with Crippen molar-refractivity contribution in [3.05, 3.63) is 24.4 Å². The maximum atomic E-state index is 11.9. The number of pyridine rings is 1. The van der Waals surface area contributed by atoms with E-state index in [1.807, 2.05) is 12.1 Å². The molecule has 2 rings (SSSR count). The van der Waals surface area contributed by atoms with Crippen LogP contribution >= 0.6 is 0 Å². The molecular weight excluding hydrogens is 190 g/mol. The number of hydrogen-bond acceptors (Lipinski definition) is 3. The molecule has 1 aliphatic carbocycles. The van der Waals surface area contributed by atoms with Crippen molar-refractivity contribution in [2.24, 2.45) is 11.1 Å². The van der Waals surface area contributed by atoms with Crippen LogP contribution < -0.4 is 11.1 Å². The van der Waals surface area contributed by atoms with E-state index in [4.69, 9.17) is 5.73 Å². The highest BCUT2D eigenvalue weighted by molar-refractivity contribution is 5.95. The van der Waals surface area contributed by atoms with E-state index >= 15 is 0 Å². The number of anilines is 1. The Morgan fingerprint density at radius 1 is 1.53 bits per heavy atom. The second-order valence-corrected chi connectivity index (χ2v) is 4.01. The van der Waals surface area contributed by atoms with E-state index < -0.39 is 0 Å². The highest BCUT2D eigenvalue weighted by Crippen LogP contribution is 2.40. The summed E-state index contributed by atoms with van der Waals surface area (Å²) >= 11 is 0. The number of nitrogens with one attached hydrogen (secondary N) is 1. The lowest BCUT2D eigenvalue weighted by Crippen LogP contribution is -2.47. The summed E-state index contributed by atoms with van der Waals surface area (Å²) in [5.41, 5.74) is 5.31. The molecule has 1 heterocycles. The molecule has 0 atom stereocenters. The van der Waals surface area contributed by atoms with Crippen molar-refractivity contribution in [3.8, 4) is 0 Å². The van der Waals surface area contributed by atoms with Crippen LogP contribution in [0.1, 0.15) is 19.3 Å². The molecule has 3 N–H and O–H groups in total. The van der Waals surface area contributed by atoms with Crippen LogP contribution in [0.5, 0.6) is 0 Å². The van der Waals surface area contributed by atoms with Gasteiger partial charge < -0.3 is 11.1 Å². The van der Waals surface area contributed by atoms with Gasteiger partial charge in [0.1, 0.15) is 5.82 Å². The third kappa shape index (κ3) is 1.85. The van der Waals surface area contributed by atoms with Crippen LogP contribution in [0.25, 0.3) is 0 Å². The van der Waals surface area contributed by atoms with Crippen molar-refractivity contribution in [3.63, 3.8) is 0 Å². The van der Waals surface area contributed by atoms with Crippen LogP contribution in [0.3, 0.4) is 0 Å². The monoisotopic (exact) mass is 205 g/mol. The summed E-state index contributed by atoms with van der Waals surface area (Å²) in [5.74, 6) is 0.608. The van der Waals surface area contributed by atoms with Gasteiger partial charge in [-0.15, -0.1) is 0 Å². The number of carbonyl (C=O) groups is 1. The predicted molar refractivity (Wildman–Crippen MR) is 58.2 cm³/mol. The summed E-state index contributed by atoms with van der Waals surface area (Å²) < 4.78 is 0. The summed E-state index contributed by atoms with van der Waals surface area (Å²) in [6.45, 7) is 0.422. The molecule has 80 valence electrons. The minimum atomic E-state index is -0.336. The lowest BCUT2D eigenvalue weighted by Gasteiger charge is -2.38. The molecule has 1 aliphatic rings. The van der Waals surface area contributed by atoms with Gasteiger partial charge in [0.2, 0.25) is 5.91 Å². The van der Waals surface area contributed by atoms with Gasteiger partial charge in [0.25, 0.3) is 0 Å². The Morgan fingerprint density at radius 2 is 2.33 bits per heavy atom. The van der Waals surface area contributed by atoms with Crippen LogP contribution in [0, 0.1) is 5.41 Å². The molecule has 0 unspecified atom stereocenters. The van der Waals surface area contributed by atoms with Gasteiger partial charge in [-0.05, 0) is 25.0 Å². The summed E-state index contributed by atoms with van der Waals surface area (Å²) in [7, 11) is 0. The molecule has 0 radical (unpaired) electrons. The zero-order valence-electron chi connectivity index (χ0n) is 8.57. The van der Waals surface area contributed by atoms with Crippen molar-refractivity contribution < 1.29 is 4.79 Å². The maximum Gasteiger partial charge on any atom is 0.233 e. The Labute approximate surface area is 88.9 Å². The first kappa shape index (κ1) is 10.1. The average Bonchev–Trinajstić information content (AvgIpc) is 2.18. The number of nitrogens with zero attached hydrogens (tertiary/aromatic N) is 1. The second kappa shape index (κ2) is 3.98. The summed E-state index contributed by atoms with van der Waals surface area (Å²) in [6, 6.07) is 5.44. The Kier molecular flexibility index (Phi) is 2.68. The molecule has 15 heavy (non-hydrogen) atoms. The van der Waals surface area contributed by atoms with E-state index in [0.717, 1.165) is 19.3 Å². The highest BCUT2D eigenvalue weighted by atomic mass is 16.2. The smallest absolute Gasteiger partial charge is 0.233 e. The zero-order chi connectivity index (χ0) is 10.7. The van der Waals surface area contributed by atoms with Crippen LogP contribution in [-0.2, 0) is 4.79 Å². The molecule has 0 aliphatic heterocycles. The van der Waals surface area contributed by atoms with Gasteiger partial charge in [-0.2, -0.15) is 0 Å². The topological polar surface area (TPSA) is 68.0 Å². The quantitative estimate of drug-likeness (QED) is 0.777. The van der Waals surface area contributed by atoms with Crippen LogP contribution in [0.15, 0.2) is 24.4 Å². The van der Waals surface area contributed by atoms with Gasteiger partial charge in [0, 0.05) is 12.7 Å². The molecule has 0 saturated heterocycles. The van der Waals surface area contributed by atoms with Gasteiger partial charge >= 0.3 is 0 Å². The van der Waals surface area contributed by atoms with E-state index in [0.29, 0.717) is 12.4 Å². The van der Waals surface area contributed by atoms with Crippen LogP contribution in [-0.4, -0.2) is 17.4 Å². The van der Waals surface area contributed by atoms with Gasteiger partial charge in [0.15, 0.2) is 0 Å². The predicted octanol–water partition coefficient (Wildman–Crippen LogP) is 1.15. The van der Waals surface area contributed by atoms with Gasteiger partial charge in [-0.1, -0.05) is 12.5 Å². The largest absolute Gasteiger partial charge is 0.329 e. The number of carbonyl (C=O) groups excluding carboxylic acids is 1. The number of rotatable bonds is 3. The van der Waals surface area contributed by atoms with Crippen LogP contribution in [0.4, 0.5) is 5.82 Å². The summed E-state index contributed by atoms with van der Waals surface area (Å²) in [4.78, 5) is 16.0. The fourth-order valence-electron chi connectivity index (χ4n) is 1.81. The molecule has 1 amide bonds. The van der Waals surface area contributed by atoms with Crippen molar-refractivity contribution in [2.45, 2.75) is 19.3 Å². The van der Waals surface area contributed by atoms with E-state index in [9.17, 15) is 4.79 Å². The first-order valence-corrected chi connectivity index (χ1v) is 5.19. The first-order valence-electron chi connectivity index (χ1n) is 5.19. The van der Waals surface area contributed by atoms with Crippen molar-refractivity contribution in [2.75, 3.05) is 11.9 Å². The third-order valence-electron chi connectivity index (χ3n) is 3.09. The molecular formula is C11H15N3O. The molecule has 4 nitrogen and oxygen atoms in total. The molecule has 0 bridgehead atoms. The summed E-state index contributed by atoms with van der Waals surface area (Å²) in [6.07, 6.45) is 4.53. The Bertz CT molecular complexity index is 341. The fraction of sp³-hybridized carbons (Fsp3) is 0.455. The molecule has 1 saturated carbocycles. The SMILES string of the molecule is NCC1(C(=O)Nc2ccccn2)CCC1. The molecule has 4 heteroatoms. The minimum absolute atomic E-state index is 0.00921. The highest BCUT2D eigenvalue weighted by Gasteiger charge is 2.42. The minimum Gasteiger partial charge on any atom is -0.329 e. The normalized spacial score (nSPS) is 17.9. The second-order valence-electron chi connectivity index (χ2n) is 4.01. The Hall–Kier alpha value is -1.42. The van der Waals surface area contributed by atoms with Gasteiger partial charge in [0.05, 0.1) is 5.41 Å². The zero-order valence-corrected chi connectivity index (χ0v) is 8.57. The first-order chi connectivity index (χ1) is 7.27. The molecule has 0 spiro atoms. The number of aromatic nitrogens is 1. The van der Waals surface area contributed by atoms with E-state index in [-0.39, 0.29) is 11.3 Å². The van der Waals surface area contributed by atoms with E-state index in [1.165, 1.54) is 0 Å². The third-order valence-corrected chi connectivity index (χ3v) is 3.09. The summed E-state index contributed by atoms with van der Waals surface area (Å²) in [5, 5.41) is 2.81. The Morgan fingerprint density at radius 3 is 2.80 bits per heavy atom. The Balaban J connectivity index is 2.04. The lowest BCUT2D eigenvalue weighted by atomic mass is 9.68. The number of nitrogens with two attached hydrogens (primary N) is 1. The molecule has 1 aromatic rings. The van der Waals surface area contributed by atoms with E-state index in [2.05, 4.69) is 10.3 Å². The number of hydrogen-bond donors (Lipinski definition) is 2. The van der Waals surface area contributed by atoms with Crippen molar-refractivity contribution in [1.29, 1.82) is 0 Å².